The lowest BCUT2D eigenvalue weighted by atomic mass is 10.2. The molecule has 15 heavy (non-hydrogen) atoms. The fourth-order valence-electron chi connectivity index (χ4n) is 1.08. The Kier molecular flexibility index (Phi) is 4.57. The molecule has 1 rings (SSSR count). The van der Waals surface area contributed by atoms with Crippen molar-refractivity contribution in [1.29, 1.82) is 0 Å². The molecule has 1 atom stereocenters. The average Bonchev–Trinajstić information content (AvgIpc) is 2.08. The topological polar surface area (TPSA) is 55.1 Å². The van der Waals surface area contributed by atoms with Crippen LogP contribution in [0.3, 0.4) is 0 Å². The summed E-state index contributed by atoms with van der Waals surface area (Å²) in [5, 5.41) is 3.20. The van der Waals surface area contributed by atoms with E-state index in [0.717, 1.165) is 4.47 Å². The first kappa shape index (κ1) is 12.5. The number of halogens is 2. The van der Waals surface area contributed by atoms with Crippen LogP contribution >= 0.6 is 27.5 Å². The van der Waals surface area contributed by atoms with Gasteiger partial charge in [0.25, 0.3) is 0 Å². The summed E-state index contributed by atoms with van der Waals surface area (Å²) in [4.78, 5) is 11.4. The number of hydrogen-bond donors (Lipinski definition) is 2. The maximum absolute atomic E-state index is 11.4. The quantitative estimate of drug-likeness (QED) is 0.900. The van der Waals surface area contributed by atoms with E-state index in [0.29, 0.717) is 10.7 Å². The molecule has 0 heterocycles. The van der Waals surface area contributed by atoms with Crippen LogP contribution in [0.2, 0.25) is 5.02 Å². The molecule has 0 spiro atoms. The Hall–Kier alpha value is -0.580. The minimum absolute atomic E-state index is 0.130. The van der Waals surface area contributed by atoms with Crippen molar-refractivity contribution in [3.05, 3.63) is 27.7 Å². The Labute approximate surface area is 102 Å². The Bertz CT molecular complexity index is 368. The molecule has 82 valence electrons. The highest BCUT2D eigenvalue weighted by atomic mass is 79.9. The van der Waals surface area contributed by atoms with Crippen molar-refractivity contribution < 1.29 is 4.79 Å². The molecule has 3 nitrogen and oxygen atoms in total. The van der Waals surface area contributed by atoms with E-state index in [1.807, 2.05) is 6.07 Å². The van der Waals surface area contributed by atoms with E-state index in [4.69, 9.17) is 17.3 Å². The second kappa shape index (κ2) is 5.49. The Balaban J connectivity index is 2.68. The SMILES string of the molecule is CC(N)CC(=O)Nc1ccc(Br)cc1Cl. The minimum Gasteiger partial charge on any atom is -0.327 e. The molecule has 1 amide bonds. The van der Waals surface area contributed by atoms with Crippen molar-refractivity contribution in [2.24, 2.45) is 5.73 Å². The third kappa shape index (κ3) is 4.20. The summed E-state index contributed by atoms with van der Waals surface area (Å²) in [7, 11) is 0. The van der Waals surface area contributed by atoms with E-state index in [-0.39, 0.29) is 18.4 Å². The summed E-state index contributed by atoms with van der Waals surface area (Å²) in [6, 6.07) is 5.13. The van der Waals surface area contributed by atoms with Gasteiger partial charge in [0.2, 0.25) is 5.91 Å². The molecule has 0 radical (unpaired) electrons. The van der Waals surface area contributed by atoms with Crippen LogP contribution in [0.5, 0.6) is 0 Å². The third-order valence-electron chi connectivity index (χ3n) is 1.71. The molecular formula is C10H12BrClN2O. The van der Waals surface area contributed by atoms with Crippen LogP contribution in [0, 0.1) is 0 Å². The molecule has 0 aliphatic carbocycles. The molecule has 1 aromatic carbocycles. The fourth-order valence-corrected chi connectivity index (χ4v) is 1.81. The highest BCUT2D eigenvalue weighted by molar-refractivity contribution is 9.10. The lowest BCUT2D eigenvalue weighted by Gasteiger charge is -2.08. The van der Waals surface area contributed by atoms with Crippen molar-refractivity contribution in [3.63, 3.8) is 0 Å². The fraction of sp³-hybridized carbons (Fsp3) is 0.300. The van der Waals surface area contributed by atoms with Crippen LogP contribution in [0.25, 0.3) is 0 Å². The van der Waals surface area contributed by atoms with Gasteiger partial charge in [0.15, 0.2) is 0 Å². The van der Waals surface area contributed by atoms with Gasteiger partial charge in [-0.2, -0.15) is 0 Å². The van der Waals surface area contributed by atoms with E-state index >= 15 is 0 Å². The highest BCUT2D eigenvalue weighted by Crippen LogP contribution is 2.25. The predicted octanol–water partition coefficient (Wildman–Crippen LogP) is 2.78. The zero-order valence-corrected chi connectivity index (χ0v) is 10.6. The Morgan fingerprint density at radius 3 is 2.87 bits per heavy atom. The highest BCUT2D eigenvalue weighted by Gasteiger charge is 2.07. The van der Waals surface area contributed by atoms with Gasteiger partial charge >= 0.3 is 0 Å². The van der Waals surface area contributed by atoms with Crippen LogP contribution in [0.4, 0.5) is 5.69 Å². The van der Waals surface area contributed by atoms with Gasteiger partial charge < -0.3 is 11.1 Å². The summed E-state index contributed by atoms with van der Waals surface area (Å²) in [5.41, 5.74) is 6.11. The molecule has 0 aliphatic heterocycles. The monoisotopic (exact) mass is 290 g/mol. The van der Waals surface area contributed by atoms with Gasteiger partial charge in [-0.15, -0.1) is 0 Å². The Morgan fingerprint density at radius 1 is 1.67 bits per heavy atom. The Morgan fingerprint density at radius 2 is 2.33 bits per heavy atom. The second-order valence-electron chi connectivity index (χ2n) is 3.35. The largest absolute Gasteiger partial charge is 0.327 e. The maximum atomic E-state index is 11.4. The van der Waals surface area contributed by atoms with Gasteiger partial charge in [-0.25, -0.2) is 0 Å². The number of nitrogens with one attached hydrogen (secondary N) is 1. The molecule has 0 aromatic heterocycles. The van der Waals surface area contributed by atoms with Crippen molar-refractivity contribution in [2.75, 3.05) is 5.32 Å². The lowest BCUT2D eigenvalue weighted by Crippen LogP contribution is -2.24. The first-order chi connectivity index (χ1) is 6.99. The first-order valence-corrected chi connectivity index (χ1v) is 5.66. The number of benzene rings is 1. The predicted molar refractivity (Wildman–Crippen MR) is 66.0 cm³/mol. The van der Waals surface area contributed by atoms with Crippen molar-refractivity contribution >= 4 is 39.1 Å². The number of rotatable bonds is 3. The minimum atomic E-state index is -0.153. The van der Waals surface area contributed by atoms with Crippen molar-refractivity contribution in [2.45, 2.75) is 19.4 Å². The molecule has 0 bridgehead atoms. The zero-order valence-electron chi connectivity index (χ0n) is 8.26. The van der Waals surface area contributed by atoms with Crippen LogP contribution in [-0.4, -0.2) is 11.9 Å². The third-order valence-corrected chi connectivity index (χ3v) is 2.52. The van der Waals surface area contributed by atoms with Gasteiger partial charge in [-0.3, -0.25) is 4.79 Å². The molecule has 3 N–H and O–H groups in total. The number of nitrogens with two attached hydrogens (primary N) is 1. The second-order valence-corrected chi connectivity index (χ2v) is 4.68. The number of anilines is 1. The van der Waals surface area contributed by atoms with E-state index in [1.165, 1.54) is 0 Å². The van der Waals surface area contributed by atoms with Gasteiger partial charge in [-0.05, 0) is 25.1 Å². The van der Waals surface area contributed by atoms with Crippen molar-refractivity contribution in [1.82, 2.24) is 0 Å². The summed E-state index contributed by atoms with van der Waals surface area (Å²) in [6.45, 7) is 1.78. The van der Waals surface area contributed by atoms with Crippen molar-refractivity contribution in [3.8, 4) is 0 Å². The van der Waals surface area contributed by atoms with E-state index in [9.17, 15) is 4.79 Å². The summed E-state index contributed by atoms with van der Waals surface area (Å²) >= 11 is 9.22. The molecule has 0 aliphatic rings. The summed E-state index contributed by atoms with van der Waals surface area (Å²) < 4.78 is 0.873. The smallest absolute Gasteiger partial charge is 0.225 e. The number of hydrogen-bond acceptors (Lipinski definition) is 2. The van der Waals surface area contributed by atoms with Crippen LogP contribution in [-0.2, 0) is 4.79 Å². The average molecular weight is 292 g/mol. The lowest BCUT2D eigenvalue weighted by molar-refractivity contribution is -0.116. The normalized spacial score (nSPS) is 12.3. The van der Waals surface area contributed by atoms with E-state index in [2.05, 4.69) is 21.2 Å². The first-order valence-electron chi connectivity index (χ1n) is 4.49. The molecule has 0 saturated heterocycles. The number of amides is 1. The number of carbonyl (C=O) groups excluding carboxylic acids is 1. The summed E-state index contributed by atoms with van der Waals surface area (Å²) in [6.07, 6.45) is 0.284. The molecule has 1 aromatic rings. The van der Waals surface area contributed by atoms with E-state index in [1.54, 1.807) is 19.1 Å². The summed E-state index contributed by atoms with van der Waals surface area (Å²) in [5.74, 6) is -0.130. The molecule has 0 saturated carbocycles. The molecule has 0 fully saturated rings. The molecule has 1 unspecified atom stereocenters. The van der Waals surface area contributed by atoms with E-state index < -0.39 is 0 Å². The number of carbonyl (C=O) groups is 1. The molecular weight excluding hydrogens is 279 g/mol. The maximum Gasteiger partial charge on any atom is 0.225 e. The van der Waals surface area contributed by atoms with Gasteiger partial charge in [0, 0.05) is 16.9 Å². The molecule has 5 heteroatoms. The zero-order chi connectivity index (χ0) is 11.4. The standard InChI is InChI=1S/C10H12BrClN2O/c1-6(13)4-10(15)14-9-3-2-7(11)5-8(9)12/h2-3,5-6H,4,13H2,1H3,(H,14,15). The van der Waals surface area contributed by atoms with Gasteiger partial charge in [0.1, 0.15) is 0 Å². The van der Waals surface area contributed by atoms with Gasteiger partial charge in [0.05, 0.1) is 10.7 Å². The van der Waals surface area contributed by atoms with Crippen LogP contribution in [0.15, 0.2) is 22.7 Å². The van der Waals surface area contributed by atoms with Gasteiger partial charge in [-0.1, -0.05) is 27.5 Å². The van der Waals surface area contributed by atoms with Crippen LogP contribution < -0.4 is 11.1 Å². The van der Waals surface area contributed by atoms with Crippen LogP contribution in [0.1, 0.15) is 13.3 Å².